The Morgan fingerprint density at radius 2 is 2.06 bits per heavy atom. The first kappa shape index (κ1) is 11.7. The van der Waals surface area contributed by atoms with Crippen molar-refractivity contribution in [2.45, 2.75) is 6.42 Å². The van der Waals surface area contributed by atoms with Crippen molar-refractivity contribution in [3.05, 3.63) is 39.9 Å². The Morgan fingerprint density at radius 3 is 2.71 bits per heavy atom. The molecule has 0 bridgehead atoms. The van der Waals surface area contributed by atoms with Crippen molar-refractivity contribution in [3.8, 4) is 12.1 Å². The number of rotatable bonds is 1. The molecular weight excluding hydrogens is 278 g/mol. The number of nitrogens with zero attached hydrogens (tertiary/aromatic N) is 3. The standard InChI is InChI=1S/C13H10BrN3/c14-12-2-1-3-13(6-12)17-5-4-10(9-17)11(7-15)8-16/h1-3,6H,4-5,9H2. The van der Waals surface area contributed by atoms with Crippen LogP contribution in [0.1, 0.15) is 6.42 Å². The Hall–Kier alpha value is -1.78. The molecule has 0 saturated carbocycles. The van der Waals surface area contributed by atoms with Gasteiger partial charge in [-0.2, -0.15) is 10.5 Å². The molecule has 2 rings (SSSR count). The fraction of sp³-hybridized carbons (Fsp3) is 0.231. The second-order valence-corrected chi connectivity index (χ2v) is 4.77. The Kier molecular flexibility index (Phi) is 3.46. The van der Waals surface area contributed by atoms with E-state index in [1.54, 1.807) is 0 Å². The Labute approximate surface area is 109 Å². The molecule has 1 heterocycles. The molecule has 1 fully saturated rings. The molecule has 4 heteroatoms. The number of hydrogen-bond donors (Lipinski definition) is 0. The van der Waals surface area contributed by atoms with Gasteiger partial charge in [0.2, 0.25) is 0 Å². The third kappa shape index (κ3) is 2.49. The van der Waals surface area contributed by atoms with E-state index >= 15 is 0 Å². The molecule has 1 aromatic rings. The molecule has 1 aromatic carbocycles. The number of benzene rings is 1. The monoisotopic (exact) mass is 287 g/mol. The average molecular weight is 288 g/mol. The SMILES string of the molecule is N#CC(C#N)=C1CCN(c2cccc(Br)c2)C1. The zero-order chi connectivity index (χ0) is 12.3. The summed E-state index contributed by atoms with van der Waals surface area (Å²) >= 11 is 3.44. The van der Waals surface area contributed by atoms with Crippen molar-refractivity contribution in [3.63, 3.8) is 0 Å². The maximum atomic E-state index is 8.83. The van der Waals surface area contributed by atoms with E-state index in [2.05, 4.69) is 20.8 Å². The van der Waals surface area contributed by atoms with E-state index in [0.29, 0.717) is 6.54 Å². The molecular formula is C13H10BrN3. The van der Waals surface area contributed by atoms with Crippen LogP contribution in [0.25, 0.3) is 0 Å². The van der Waals surface area contributed by atoms with Crippen LogP contribution < -0.4 is 4.90 Å². The lowest BCUT2D eigenvalue weighted by atomic mass is 10.1. The lowest BCUT2D eigenvalue weighted by molar-refractivity contribution is 0.967. The topological polar surface area (TPSA) is 50.8 Å². The highest BCUT2D eigenvalue weighted by Gasteiger charge is 2.20. The minimum Gasteiger partial charge on any atom is -0.367 e. The summed E-state index contributed by atoms with van der Waals surface area (Å²) in [6.45, 7) is 1.53. The van der Waals surface area contributed by atoms with Gasteiger partial charge < -0.3 is 4.90 Å². The van der Waals surface area contributed by atoms with Crippen LogP contribution in [0.4, 0.5) is 5.69 Å². The number of allylic oxidation sites excluding steroid dienone is 1. The molecule has 0 N–H and O–H groups in total. The molecule has 0 spiro atoms. The summed E-state index contributed by atoms with van der Waals surface area (Å²) in [5.41, 5.74) is 2.32. The summed E-state index contributed by atoms with van der Waals surface area (Å²) in [4.78, 5) is 2.18. The molecule has 84 valence electrons. The zero-order valence-corrected chi connectivity index (χ0v) is 10.7. The van der Waals surface area contributed by atoms with E-state index in [1.165, 1.54) is 0 Å². The largest absolute Gasteiger partial charge is 0.367 e. The first-order chi connectivity index (χ1) is 8.24. The lowest BCUT2D eigenvalue weighted by Crippen LogP contribution is -2.17. The van der Waals surface area contributed by atoms with Crippen LogP contribution in [0, 0.1) is 22.7 Å². The lowest BCUT2D eigenvalue weighted by Gasteiger charge is -2.17. The van der Waals surface area contributed by atoms with Crippen LogP contribution in [0.2, 0.25) is 0 Å². The third-order valence-corrected chi connectivity index (χ3v) is 3.31. The normalized spacial score (nSPS) is 14.3. The smallest absolute Gasteiger partial charge is 0.130 e. The maximum absolute atomic E-state index is 8.83. The Balaban J connectivity index is 2.23. The molecule has 0 radical (unpaired) electrons. The highest BCUT2D eigenvalue weighted by molar-refractivity contribution is 9.10. The van der Waals surface area contributed by atoms with E-state index in [4.69, 9.17) is 10.5 Å². The molecule has 17 heavy (non-hydrogen) atoms. The second-order valence-electron chi connectivity index (χ2n) is 3.85. The van der Waals surface area contributed by atoms with Crippen molar-refractivity contribution in [2.75, 3.05) is 18.0 Å². The predicted molar refractivity (Wildman–Crippen MR) is 69.2 cm³/mol. The van der Waals surface area contributed by atoms with Gasteiger partial charge in [0, 0.05) is 23.2 Å². The Bertz CT molecular complexity index is 533. The van der Waals surface area contributed by atoms with Crippen LogP contribution in [0.15, 0.2) is 39.9 Å². The second kappa shape index (κ2) is 5.03. The quantitative estimate of drug-likeness (QED) is 0.746. The van der Waals surface area contributed by atoms with Crippen molar-refractivity contribution < 1.29 is 0 Å². The number of hydrogen-bond acceptors (Lipinski definition) is 3. The van der Waals surface area contributed by atoms with E-state index in [-0.39, 0.29) is 5.57 Å². The molecule has 1 saturated heterocycles. The van der Waals surface area contributed by atoms with E-state index in [9.17, 15) is 0 Å². The molecule has 0 atom stereocenters. The summed E-state index contributed by atoms with van der Waals surface area (Å²) in [6, 6.07) is 12.0. The van der Waals surface area contributed by atoms with Gasteiger partial charge in [0.05, 0.1) is 0 Å². The van der Waals surface area contributed by atoms with Gasteiger partial charge in [0.1, 0.15) is 17.7 Å². The van der Waals surface area contributed by atoms with Crippen LogP contribution in [-0.2, 0) is 0 Å². The summed E-state index contributed by atoms with van der Waals surface area (Å²) in [5.74, 6) is 0. The number of nitriles is 2. The molecule has 0 aliphatic carbocycles. The van der Waals surface area contributed by atoms with Gasteiger partial charge in [-0.25, -0.2) is 0 Å². The van der Waals surface area contributed by atoms with Crippen molar-refractivity contribution >= 4 is 21.6 Å². The van der Waals surface area contributed by atoms with Gasteiger partial charge in [-0.05, 0) is 30.2 Å². The highest BCUT2D eigenvalue weighted by atomic mass is 79.9. The first-order valence-electron chi connectivity index (χ1n) is 5.27. The fourth-order valence-electron chi connectivity index (χ4n) is 1.94. The van der Waals surface area contributed by atoms with Gasteiger partial charge in [-0.3, -0.25) is 0 Å². The van der Waals surface area contributed by atoms with Crippen LogP contribution >= 0.6 is 15.9 Å². The Morgan fingerprint density at radius 1 is 1.29 bits per heavy atom. The zero-order valence-electron chi connectivity index (χ0n) is 9.15. The molecule has 0 unspecified atom stereocenters. The van der Waals surface area contributed by atoms with Crippen LogP contribution in [0.3, 0.4) is 0 Å². The summed E-state index contributed by atoms with van der Waals surface area (Å²) < 4.78 is 1.04. The summed E-state index contributed by atoms with van der Waals surface area (Å²) in [7, 11) is 0. The van der Waals surface area contributed by atoms with Gasteiger partial charge >= 0.3 is 0 Å². The van der Waals surface area contributed by atoms with Gasteiger partial charge in [-0.1, -0.05) is 22.0 Å². The van der Waals surface area contributed by atoms with Gasteiger partial charge in [0.15, 0.2) is 0 Å². The molecule has 0 aromatic heterocycles. The minimum absolute atomic E-state index is 0.266. The predicted octanol–water partition coefficient (Wildman–Crippen LogP) is 3.00. The van der Waals surface area contributed by atoms with E-state index < -0.39 is 0 Å². The third-order valence-electron chi connectivity index (χ3n) is 2.82. The molecule has 0 amide bonds. The molecule has 3 nitrogen and oxygen atoms in total. The highest BCUT2D eigenvalue weighted by Crippen LogP contribution is 2.27. The molecule has 1 aliphatic heterocycles. The van der Waals surface area contributed by atoms with Crippen molar-refractivity contribution in [1.82, 2.24) is 0 Å². The van der Waals surface area contributed by atoms with E-state index in [1.807, 2.05) is 36.4 Å². The molecule has 1 aliphatic rings. The summed E-state index contributed by atoms with van der Waals surface area (Å²) in [6.07, 6.45) is 0.795. The summed E-state index contributed by atoms with van der Waals surface area (Å²) in [5, 5.41) is 17.7. The fourth-order valence-corrected chi connectivity index (χ4v) is 2.33. The maximum Gasteiger partial charge on any atom is 0.130 e. The van der Waals surface area contributed by atoms with Crippen molar-refractivity contribution in [1.29, 1.82) is 10.5 Å². The number of halogens is 1. The van der Waals surface area contributed by atoms with Crippen LogP contribution in [-0.4, -0.2) is 13.1 Å². The number of anilines is 1. The van der Waals surface area contributed by atoms with Crippen molar-refractivity contribution in [2.24, 2.45) is 0 Å². The van der Waals surface area contributed by atoms with Gasteiger partial charge in [0.25, 0.3) is 0 Å². The first-order valence-corrected chi connectivity index (χ1v) is 6.06. The van der Waals surface area contributed by atoms with Gasteiger partial charge in [-0.15, -0.1) is 0 Å². The minimum atomic E-state index is 0.266. The van der Waals surface area contributed by atoms with Crippen LogP contribution in [0.5, 0.6) is 0 Å². The average Bonchev–Trinajstić information content (AvgIpc) is 2.80. The van der Waals surface area contributed by atoms with E-state index in [0.717, 1.165) is 28.7 Å².